The summed E-state index contributed by atoms with van der Waals surface area (Å²) in [7, 11) is 0. The molecule has 0 radical (unpaired) electrons. The average Bonchev–Trinajstić information content (AvgIpc) is 2.39. The van der Waals surface area contributed by atoms with Crippen LogP contribution in [-0.4, -0.2) is 11.1 Å². The number of aromatic nitrogens is 1. The molecule has 0 bridgehead atoms. The number of hydrazine groups is 1. The fourth-order valence-electron chi connectivity index (χ4n) is 1.92. The minimum atomic E-state index is -0.419. The monoisotopic (exact) mass is 295 g/mol. The standard InChI is InChI=1S/C14H15ClFN3O/c1-9(20-13-4-2-3-11(15)6-13)14(19-17)10-5-12(16)8-18-7-10/h2-9,14,19H,17H2,1H3. The van der Waals surface area contributed by atoms with Crippen LogP contribution < -0.4 is 16.0 Å². The first-order chi connectivity index (χ1) is 9.60. The second kappa shape index (κ2) is 6.65. The van der Waals surface area contributed by atoms with Gasteiger partial charge in [0, 0.05) is 11.2 Å². The molecule has 0 spiro atoms. The van der Waals surface area contributed by atoms with Gasteiger partial charge in [-0.05, 0) is 36.8 Å². The van der Waals surface area contributed by atoms with Crippen molar-refractivity contribution in [2.45, 2.75) is 19.1 Å². The third kappa shape index (κ3) is 3.66. The van der Waals surface area contributed by atoms with E-state index in [0.717, 1.165) is 6.20 Å². The van der Waals surface area contributed by atoms with Crippen LogP contribution in [0.2, 0.25) is 5.02 Å². The van der Waals surface area contributed by atoms with Gasteiger partial charge in [0.05, 0.1) is 12.2 Å². The van der Waals surface area contributed by atoms with Crippen molar-refractivity contribution in [2.24, 2.45) is 5.84 Å². The Morgan fingerprint density at radius 2 is 2.15 bits per heavy atom. The SMILES string of the molecule is CC(Oc1cccc(Cl)c1)C(NN)c1cncc(F)c1. The summed E-state index contributed by atoms with van der Waals surface area (Å²) in [6.07, 6.45) is 2.35. The van der Waals surface area contributed by atoms with Crippen molar-refractivity contribution in [1.82, 2.24) is 10.4 Å². The van der Waals surface area contributed by atoms with Gasteiger partial charge in [0.15, 0.2) is 0 Å². The normalized spacial score (nSPS) is 13.8. The maximum absolute atomic E-state index is 13.2. The number of hydrogen-bond acceptors (Lipinski definition) is 4. The van der Waals surface area contributed by atoms with E-state index in [1.165, 1.54) is 6.07 Å². The maximum Gasteiger partial charge on any atom is 0.141 e. The summed E-state index contributed by atoms with van der Waals surface area (Å²) in [6, 6.07) is 8.02. The van der Waals surface area contributed by atoms with Crippen molar-refractivity contribution in [2.75, 3.05) is 0 Å². The van der Waals surface area contributed by atoms with Crippen molar-refractivity contribution >= 4 is 11.6 Å². The smallest absolute Gasteiger partial charge is 0.141 e. The number of benzene rings is 1. The Bertz CT molecular complexity index is 582. The van der Waals surface area contributed by atoms with E-state index in [4.69, 9.17) is 22.2 Å². The van der Waals surface area contributed by atoms with Gasteiger partial charge in [-0.2, -0.15) is 0 Å². The third-order valence-corrected chi connectivity index (χ3v) is 3.09. The first kappa shape index (κ1) is 14.7. The van der Waals surface area contributed by atoms with Crippen molar-refractivity contribution in [3.63, 3.8) is 0 Å². The lowest BCUT2D eigenvalue weighted by Gasteiger charge is -2.24. The zero-order valence-electron chi connectivity index (χ0n) is 10.9. The topological polar surface area (TPSA) is 60.2 Å². The van der Waals surface area contributed by atoms with Crippen LogP contribution in [0, 0.1) is 5.82 Å². The van der Waals surface area contributed by atoms with Crippen LogP contribution >= 0.6 is 11.6 Å². The molecule has 0 saturated heterocycles. The lowest BCUT2D eigenvalue weighted by molar-refractivity contribution is 0.170. The van der Waals surface area contributed by atoms with Gasteiger partial charge in [0.1, 0.15) is 17.7 Å². The Morgan fingerprint density at radius 1 is 1.35 bits per heavy atom. The van der Waals surface area contributed by atoms with Crippen LogP contribution in [0.5, 0.6) is 5.75 Å². The van der Waals surface area contributed by atoms with Gasteiger partial charge in [-0.25, -0.2) is 9.82 Å². The van der Waals surface area contributed by atoms with E-state index in [-0.39, 0.29) is 6.10 Å². The van der Waals surface area contributed by atoms with Crippen LogP contribution in [0.3, 0.4) is 0 Å². The van der Waals surface area contributed by atoms with Crippen LogP contribution in [-0.2, 0) is 0 Å². The Kier molecular flexibility index (Phi) is 4.89. The Morgan fingerprint density at radius 3 is 2.80 bits per heavy atom. The number of hydrogen-bond donors (Lipinski definition) is 2. The molecule has 1 heterocycles. The van der Waals surface area contributed by atoms with Crippen LogP contribution in [0.25, 0.3) is 0 Å². The summed E-state index contributed by atoms with van der Waals surface area (Å²) in [5.41, 5.74) is 3.23. The van der Waals surface area contributed by atoms with Crippen molar-refractivity contribution in [3.8, 4) is 5.75 Å². The third-order valence-electron chi connectivity index (χ3n) is 2.85. The molecule has 2 rings (SSSR count). The lowest BCUT2D eigenvalue weighted by Crippen LogP contribution is -2.38. The molecule has 1 aromatic carbocycles. The molecule has 1 aromatic heterocycles. The molecule has 106 valence electrons. The predicted octanol–water partition coefficient (Wildman–Crippen LogP) is 2.85. The highest BCUT2D eigenvalue weighted by Gasteiger charge is 2.20. The van der Waals surface area contributed by atoms with E-state index in [2.05, 4.69) is 10.4 Å². The fraction of sp³-hybridized carbons (Fsp3) is 0.214. The van der Waals surface area contributed by atoms with Crippen molar-refractivity contribution in [3.05, 3.63) is 59.1 Å². The molecule has 0 aliphatic carbocycles. The molecule has 0 aliphatic heterocycles. The maximum atomic E-state index is 13.2. The molecule has 0 saturated carbocycles. The molecular weight excluding hydrogens is 281 g/mol. The summed E-state index contributed by atoms with van der Waals surface area (Å²) in [4.78, 5) is 3.81. The minimum Gasteiger partial charge on any atom is -0.489 e. The van der Waals surface area contributed by atoms with Crippen molar-refractivity contribution < 1.29 is 9.13 Å². The second-order valence-electron chi connectivity index (χ2n) is 4.36. The number of ether oxygens (including phenoxy) is 1. The predicted molar refractivity (Wildman–Crippen MR) is 75.8 cm³/mol. The van der Waals surface area contributed by atoms with E-state index in [1.807, 2.05) is 6.92 Å². The number of nitrogens with one attached hydrogen (secondary N) is 1. The fourth-order valence-corrected chi connectivity index (χ4v) is 2.10. The van der Waals surface area contributed by atoms with Gasteiger partial charge in [-0.1, -0.05) is 17.7 Å². The van der Waals surface area contributed by atoms with Crippen LogP contribution in [0.4, 0.5) is 4.39 Å². The highest BCUT2D eigenvalue weighted by atomic mass is 35.5. The van der Waals surface area contributed by atoms with Crippen LogP contribution in [0.1, 0.15) is 18.5 Å². The highest BCUT2D eigenvalue weighted by Crippen LogP contribution is 2.23. The molecule has 2 aromatic rings. The number of rotatable bonds is 5. The molecule has 3 N–H and O–H groups in total. The Balaban J connectivity index is 2.15. The molecule has 6 heteroatoms. The molecule has 0 amide bonds. The zero-order chi connectivity index (χ0) is 14.5. The average molecular weight is 296 g/mol. The first-order valence-corrected chi connectivity index (χ1v) is 6.46. The second-order valence-corrected chi connectivity index (χ2v) is 4.80. The highest BCUT2D eigenvalue weighted by molar-refractivity contribution is 6.30. The molecule has 20 heavy (non-hydrogen) atoms. The summed E-state index contributed by atoms with van der Waals surface area (Å²) in [5, 5.41) is 0.583. The minimum absolute atomic E-state index is 0.331. The van der Waals surface area contributed by atoms with Crippen molar-refractivity contribution in [1.29, 1.82) is 0 Å². The van der Waals surface area contributed by atoms with Gasteiger partial charge in [-0.3, -0.25) is 10.8 Å². The number of nitrogens with two attached hydrogens (primary N) is 1. The Labute approximate surface area is 121 Å². The number of halogens is 2. The molecule has 2 atom stereocenters. The van der Waals surface area contributed by atoms with Gasteiger partial charge in [0.25, 0.3) is 0 Å². The van der Waals surface area contributed by atoms with Gasteiger partial charge < -0.3 is 4.74 Å². The quantitative estimate of drug-likeness (QED) is 0.658. The molecule has 0 fully saturated rings. The molecule has 2 unspecified atom stereocenters. The van der Waals surface area contributed by atoms with Gasteiger partial charge >= 0.3 is 0 Å². The summed E-state index contributed by atoms with van der Waals surface area (Å²) < 4.78 is 19.0. The summed E-state index contributed by atoms with van der Waals surface area (Å²) in [6.45, 7) is 1.83. The molecule has 4 nitrogen and oxygen atoms in total. The lowest BCUT2D eigenvalue weighted by atomic mass is 10.1. The van der Waals surface area contributed by atoms with E-state index in [9.17, 15) is 4.39 Å². The van der Waals surface area contributed by atoms with Crippen LogP contribution in [0.15, 0.2) is 42.7 Å². The van der Waals surface area contributed by atoms with E-state index >= 15 is 0 Å². The zero-order valence-corrected chi connectivity index (χ0v) is 11.6. The van der Waals surface area contributed by atoms with E-state index < -0.39 is 11.9 Å². The van der Waals surface area contributed by atoms with Gasteiger partial charge in [0.2, 0.25) is 0 Å². The first-order valence-electron chi connectivity index (χ1n) is 6.09. The van der Waals surface area contributed by atoms with E-state index in [1.54, 1.807) is 30.5 Å². The Hall–Kier alpha value is -1.69. The number of nitrogens with zero attached hydrogens (tertiary/aromatic N) is 1. The summed E-state index contributed by atoms with van der Waals surface area (Å²) >= 11 is 5.90. The summed E-state index contributed by atoms with van der Waals surface area (Å²) in [5.74, 6) is 5.73. The largest absolute Gasteiger partial charge is 0.489 e. The van der Waals surface area contributed by atoms with E-state index in [0.29, 0.717) is 16.3 Å². The number of pyridine rings is 1. The van der Waals surface area contributed by atoms with Gasteiger partial charge in [-0.15, -0.1) is 0 Å². The molecule has 0 aliphatic rings. The molecular formula is C14H15ClFN3O.